The summed E-state index contributed by atoms with van der Waals surface area (Å²) in [6, 6.07) is 9.16. The summed E-state index contributed by atoms with van der Waals surface area (Å²) in [5.41, 5.74) is 8.87. The highest BCUT2D eigenvalue weighted by atomic mass is 15.1. The van der Waals surface area contributed by atoms with Crippen molar-refractivity contribution < 1.29 is 0 Å². The first-order chi connectivity index (χ1) is 7.75. The van der Waals surface area contributed by atoms with Crippen molar-refractivity contribution in [3.05, 3.63) is 35.4 Å². The van der Waals surface area contributed by atoms with Crippen molar-refractivity contribution in [1.29, 1.82) is 0 Å². The Kier molecular flexibility index (Phi) is 3.97. The molecule has 0 saturated carbocycles. The standard InChI is InChI=1S/C14H22N2/c1-12(15)6-9-16-10-7-13-4-2-3-5-14(13)8-11-16/h2-5,12H,6-11,15H2,1H3. The van der Waals surface area contributed by atoms with Crippen molar-refractivity contribution in [1.82, 2.24) is 4.90 Å². The van der Waals surface area contributed by atoms with Gasteiger partial charge in [0.25, 0.3) is 0 Å². The summed E-state index contributed by atoms with van der Waals surface area (Å²) in [5.74, 6) is 0. The predicted molar refractivity (Wildman–Crippen MR) is 68.6 cm³/mol. The second-order valence-electron chi connectivity index (χ2n) is 4.88. The minimum atomic E-state index is 0.325. The molecule has 0 fully saturated rings. The van der Waals surface area contributed by atoms with Crippen LogP contribution < -0.4 is 5.73 Å². The van der Waals surface area contributed by atoms with E-state index in [2.05, 4.69) is 36.1 Å². The van der Waals surface area contributed by atoms with Crippen molar-refractivity contribution in [2.24, 2.45) is 5.73 Å². The van der Waals surface area contributed by atoms with Crippen molar-refractivity contribution in [3.8, 4) is 0 Å². The van der Waals surface area contributed by atoms with Gasteiger partial charge in [-0.2, -0.15) is 0 Å². The summed E-state index contributed by atoms with van der Waals surface area (Å²) < 4.78 is 0. The van der Waals surface area contributed by atoms with Crippen LogP contribution in [-0.2, 0) is 12.8 Å². The van der Waals surface area contributed by atoms with E-state index in [0.29, 0.717) is 6.04 Å². The fraction of sp³-hybridized carbons (Fsp3) is 0.571. The van der Waals surface area contributed by atoms with Crippen LogP contribution >= 0.6 is 0 Å². The maximum Gasteiger partial charge on any atom is 0.00226 e. The average molecular weight is 218 g/mol. The minimum absolute atomic E-state index is 0.325. The largest absolute Gasteiger partial charge is 0.328 e. The van der Waals surface area contributed by atoms with E-state index >= 15 is 0 Å². The van der Waals surface area contributed by atoms with Crippen LogP contribution in [0, 0.1) is 0 Å². The summed E-state index contributed by atoms with van der Waals surface area (Å²) >= 11 is 0. The highest BCUT2D eigenvalue weighted by Gasteiger charge is 2.13. The monoisotopic (exact) mass is 218 g/mol. The van der Waals surface area contributed by atoms with E-state index in [9.17, 15) is 0 Å². The molecule has 0 amide bonds. The Hall–Kier alpha value is -0.860. The van der Waals surface area contributed by atoms with Gasteiger partial charge >= 0.3 is 0 Å². The molecule has 2 N–H and O–H groups in total. The molecule has 1 aromatic rings. The molecule has 0 saturated heterocycles. The van der Waals surface area contributed by atoms with Crippen molar-refractivity contribution in [3.63, 3.8) is 0 Å². The zero-order chi connectivity index (χ0) is 11.4. The van der Waals surface area contributed by atoms with Gasteiger partial charge in [0.05, 0.1) is 0 Å². The van der Waals surface area contributed by atoms with Crippen LogP contribution in [0.2, 0.25) is 0 Å². The van der Waals surface area contributed by atoms with Crippen LogP contribution in [0.4, 0.5) is 0 Å². The van der Waals surface area contributed by atoms with Crippen molar-refractivity contribution >= 4 is 0 Å². The zero-order valence-corrected chi connectivity index (χ0v) is 10.2. The molecule has 1 atom stereocenters. The van der Waals surface area contributed by atoms with Crippen molar-refractivity contribution in [2.75, 3.05) is 19.6 Å². The molecule has 0 aromatic heterocycles. The van der Waals surface area contributed by atoms with Gasteiger partial charge in [0.2, 0.25) is 0 Å². The number of hydrogen-bond donors (Lipinski definition) is 1. The zero-order valence-electron chi connectivity index (χ0n) is 10.2. The maximum absolute atomic E-state index is 5.81. The van der Waals surface area contributed by atoms with E-state index in [-0.39, 0.29) is 0 Å². The first-order valence-corrected chi connectivity index (χ1v) is 6.30. The molecule has 2 nitrogen and oxygen atoms in total. The van der Waals surface area contributed by atoms with Gasteiger partial charge in [-0.25, -0.2) is 0 Å². The first-order valence-electron chi connectivity index (χ1n) is 6.30. The fourth-order valence-corrected chi connectivity index (χ4v) is 2.32. The lowest BCUT2D eigenvalue weighted by molar-refractivity contribution is 0.277. The molecule has 1 unspecified atom stereocenters. The van der Waals surface area contributed by atoms with E-state index in [4.69, 9.17) is 5.73 Å². The number of hydrogen-bond acceptors (Lipinski definition) is 2. The van der Waals surface area contributed by atoms with Crippen LogP contribution in [-0.4, -0.2) is 30.6 Å². The third-order valence-electron chi connectivity index (χ3n) is 3.41. The van der Waals surface area contributed by atoms with Gasteiger partial charge in [-0.1, -0.05) is 24.3 Å². The van der Waals surface area contributed by atoms with E-state index in [1.54, 1.807) is 0 Å². The Bertz CT molecular complexity index is 306. The Morgan fingerprint density at radius 1 is 1.19 bits per heavy atom. The molecule has 0 radical (unpaired) electrons. The SMILES string of the molecule is CC(N)CCN1CCc2ccccc2CC1. The summed E-state index contributed by atoms with van der Waals surface area (Å²) in [6.45, 7) is 5.60. The maximum atomic E-state index is 5.81. The number of rotatable bonds is 3. The van der Waals surface area contributed by atoms with Crippen LogP contribution in [0.1, 0.15) is 24.5 Å². The molecule has 1 aromatic carbocycles. The van der Waals surface area contributed by atoms with Gasteiger partial charge < -0.3 is 10.6 Å². The Morgan fingerprint density at radius 3 is 2.25 bits per heavy atom. The molecule has 0 bridgehead atoms. The molecular formula is C14H22N2. The lowest BCUT2D eigenvalue weighted by Crippen LogP contribution is -2.31. The van der Waals surface area contributed by atoms with E-state index in [0.717, 1.165) is 13.0 Å². The van der Waals surface area contributed by atoms with Gasteiger partial charge in [-0.05, 0) is 43.9 Å². The molecule has 2 rings (SSSR count). The molecule has 1 aliphatic heterocycles. The predicted octanol–water partition coefficient (Wildman–Crippen LogP) is 1.82. The highest BCUT2D eigenvalue weighted by molar-refractivity contribution is 5.28. The molecular weight excluding hydrogens is 196 g/mol. The Morgan fingerprint density at radius 2 is 1.75 bits per heavy atom. The summed E-state index contributed by atoms with van der Waals surface area (Å²) in [4.78, 5) is 2.54. The third kappa shape index (κ3) is 3.06. The van der Waals surface area contributed by atoms with Gasteiger partial charge in [0.15, 0.2) is 0 Å². The van der Waals surface area contributed by atoms with Gasteiger partial charge in [0.1, 0.15) is 0 Å². The molecule has 2 heteroatoms. The molecule has 1 heterocycles. The minimum Gasteiger partial charge on any atom is -0.328 e. The Labute approximate surface area is 98.4 Å². The van der Waals surface area contributed by atoms with Gasteiger partial charge in [-0.3, -0.25) is 0 Å². The van der Waals surface area contributed by atoms with Gasteiger partial charge in [-0.15, -0.1) is 0 Å². The van der Waals surface area contributed by atoms with Crippen LogP contribution in [0.25, 0.3) is 0 Å². The van der Waals surface area contributed by atoms with E-state index in [1.165, 1.54) is 37.1 Å². The third-order valence-corrected chi connectivity index (χ3v) is 3.41. The smallest absolute Gasteiger partial charge is 0.00226 e. The second-order valence-corrected chi connectivity index (χ2v) is 4.88. The van der Waals surface area contributed by atoms with Crippen molar-refractivity contribution in [2.45, 2.75) is 32.2 Å². The van der Waals surface area contributed by atoms with Crippen LogP contribution in [0.5, 0.6) is 0 Å². The van der Waals surface area contributed by atoms with Gasteiger partial charge in [0, 0.05) is 19.1 Å². The number of fused-ring (bicyclic) bond motifs is 1. The Balaban J connectivity index is 1.92. The fourth-order valence-electron chi connectivity index (χ4n) is 2.32. The summed E-state index contributed by atoms with van der Waals surface area (Å²) in [7, 11) is 0. The molecule has 88 valence electrons. The lowest BCUT2D eigenvalue weighted by Gasteiger charge is -2.20. The average Bonchev–Trinajstić information content (AvgIpc) is 2.49. The van der Waals surface area contributed by atoms with E-state index in [1.807, 2.05) is 0 Å². The summed E-state index contributed by atoms with van der Waals surface area (Å²) in [5, 5.41) is 0. The van der Waals surface area contributed by atoms with Crippen LogP contribution in [0.15, 0.2) is 24.3 Å². The number of nitrogens with two attached hydrogens (primary N) is 1. The molecule has 1 aliphatic rings. The normalized spacial score (nSPS) is 18.9. The molecule has 16 heavy (non-hydrogen) atoms. The molecule has 0 aliphatic carbocycles. The second kappa shape index (κ2) is 5.46. The van der Waals surface area contributed by atoms with E-state index < -0.39 is 0 Å². The van der Waals surface area contributed by atoms with Crippen LogP contribution in [0.3, 0.4) is 0 Å². The lowest BCUT2D eigenvalue weighted by atomic mass is 10.0. The summed E-state index contributed by atoms with van der Waals surface area (Å²) in [6.07, 6.45) is 3.49. The number of benzene rings is 1. The topological polar surface area (TPSA) is 29.3 Å². The molecule has 0 spiro atoms. The number of nitrogens with zero attached hydrogens (tertiary/aromatic N) is 1. The highest BCUT2D eigenvalue weighted by Crippen LogP contribution is 2.15. The first kappa shape index (κ1) is 11.6. The quantitative estimate of drug-likeness (QED) is 0.838.